The van der Waals surface area contributed by atoms with Gasteiger partial charge in [-0.15, -0.1) is 0 Å². The van der Waals surface area contributed by atoms with Crippen molar-refractivity contribution in [3.05, 3.63) is 0 Å². The second kappa shape index (κ2) is 9.57. The molecule has 144 valence electrons. The summed E-state index contributed by atoms with van der Waals surface area (Å²) < 4.78 is 11.9. The summed E-state index contributed by atoms with van der Waals surface area (Å²) in [4.78, 5) is 0. The van der Waals surface area contributed by atoms with Gasteiger partial charge >= 0.3 is 0 Å². The van der Waals surface area contributed by atoms with Crippen LogP contribution in [0.15, 0.2) is 0 Å². The van der Waals surface area contributed by atoms with Crippen molar-refractivity contribution in [2.45, 2.75) is 106 Å². The molecular formula is C22H44O2. The van der Waals surface area contributed by atoms with Gasteiger partial charge in [0.15, 0.2) is 0 Å². The second-order valence-corrected chi connectivity index (χ2v) is 8.77. The van der Waals surface area contributed by atoms with Crippen molar-refractivity contribution in [3.8, 4) is 0 Å². The largest absolute Gasteiger partial charge is 0.375 e. The van der Waals surface area contributed by atoms with Crippen LogP contribution in [-0.2, 0) is 9.47 Å². The minimum absolute atomic E-state index is 0.446. The van der Waals surface area contributed by atoms with Gasteiger partial charge in [-0.1, -0.05) is 61.8 Å². The summed E-state index contributed by atoms with van der Waals surface area (Å²) in [5.74, 6) is 4.41. The lowest BCUT2D eigenvalue weighted by Crippen LogP contribution is -2.42. The zero-order chi connectivity index (χ0) is 18.6. The first-order valence-electron chi connectivity index (χ1n) is 10.5. The van der Waals surface area contributed by atoms with Gasteiger partial charge in [-0.25, -0.2) is 0 Å². The van der Waals surface area contributed by atoms with E-state index >= 15 is 0 Å². The van der Waals surface area contributed by atoms with Crippen molar-refractivity contribution in [3.63, 3.8) is 0 Å². The van der Waals surface area contributed by atoms with E-state index in [-0.39, 0.29) is 0 Å². The van der Waals surface area contributed by atoms with Crippen LogP contribution in [0.2, 0.25) is 0 Å². The molecule has 10 atom stereocenters. The lowest BCUT2D eigenvalue weighted by Gasteiger charge is -2.42. The van der Waals surface area contributed by atoms with E-state index in [1.165, 1.54) is 6.42 Å². The van der Waals surface area contributed by atoms with Crippen LogP contribution in [0.3, 0.4) is 0 Å². The van der Waals surface area contributed by atoms with E-state index in [1.807, 2.05) is 0 Å². The van der Waals surface area contributed by atoms with Gasteiger partial charge in [0.25, 0.3) is 0 Å². The van der Waals surface area contributed by atoms with Crippen LogP contribution in [0.5, 0.6) is 0 Å². The molecule has 0 aromatic carbocycles. The first-order valence-corrected chi connectivity index (χ1v) is 10.5. The van der Waals surface area contributed by atoms with Gasteiger partial charge in [-0.3, -0.25) is 0 Å². The maximum absolute atomic E-state index is 5.94. The molecule has 0 N–H and O–H groups in total. The summed E-state index contributed by atoms with van der Waals surface area (Å²) in [6.45, 7) is 22.8. The molecule has 2 nitrogen and oxygen atoms in total. The number of hydrogen-bond donors (Lipinski definition) is 0. The van der Waals surface area contributed by atoms with Crippen LogP contribution in [0.1, 0.15) is 82.1 Å². The fourth-order valence-corrected chi connectivity index (χ4v) is 4.34. The molecule has 2 rings (SSSR count). The average Bonchev–Trinajstić information content (AvgIpc) is 2.83. The molecule has 0 aromatic rings. The van der Waals surface area contributed by atoms with Gasteiger partial charge in [0.2, 0.25) is 0 Å². The Labute approximate surface area is 152 Å². The summed E-state index contributed by atoms with van der Waals surface area (Å²) >= 11 is 0. The van der Waals surface area contributed by atoms with Crippen LogP contribution in [0.4, 0.5) is 0 Å². The predicted molar refractivity (Wildman–Crippen MR) is 104 cm³/mol. The smallest absolute Gasteiger partial charge is 0.0633 e. The summed E-state index contributed by atoms with van der Waals surface area (Å²) in [7, 11) is 0. The van der Waals surface area contributed by atoms with E-state index in [0.29, 0.717) is 36.3 Å². The highest BCUT2D eigenvalue weighted by Gasteiger charge is 2.38. The van der Waals surface area contributed by atoms with Crippen LogP contribution in [-0.4, -0.2) is 24.4 Å². The molecule has 2 fully saturated rings. The molecule has 0 aromatic heterocycles. The van der Waals surface area contributed by atoms with Crippen molar-refractivity contribution in [2.24, 2.45) is 35.5 Å². The van der Waals surface area contributed by atoms with Crippen molar-refractivity contribution in [1.82, 2.24) is 0 Å². The Kier molecular flexibility index (Phi) is 8.76. The van der Waals surface area contributed by atoms with Crippen molar-refractivity contribution in [2.75, 3.05) is 0 Å². The van der Waals surface area contributed by atoms with E-state index in [0.717, 1.165) is 30.1 Å². The summed E-state index contributed by atoms with van der Waals surface area (Å²) in [5, 5.41) is 0. The highest BCUT2D eigenvalue weighted by atomic mass is 16.5. The summed E-state index contributed by atoms with van der Waals surface area (Å²) in [6, 6.07) is 0. The molecule has 2 heteroatoms. The molecule has 0 radical (unpaired) electrons. The Morgan fingerprint density at radius 2 is 1.17 bits per heavy atom. The van der Waals surface area contributed by atoms with Crippen LogP contribution in [0.25, 0.3) is 0 Å². The number of hydrogen-bond acceptors (Lipinski definition) is 2. The molecule has 2 aliphatic rings. The maximum atomic E-state index is 5.94. The van der Waals surface area contributed by atoms with Crippen molar-refractivity contribution in [1.29, 1.82) is 0 Å². The summed E-state index contributed by atoms with van der Waals surface area (Å²) in [5.41, 5.74) is 0. The van der Waals surface area contributed by atoms with Crippen molar-refractivity contribution < 1.29 is 9.47 Å². The van der Waals surface area contributed by atoms with Gasteiger partial charge in [0.05, 0.1) is 24.4 Å². The topological polar surface area (TPSA) is 18.5 Å². The lowest BCUT2D eigenvalue weighted by molar-refractivity contribution is -0.125. The quantitative estimate of drug-likeness (QED) is 0.610. The van der Waals surface area contributed by atoms with Gasteiger partial charge in [-0.2, -0.15) is 0 Å². The first kappa shape index (κ1) is 22.0. The molecule has 4 unspecified atom stereocenters. The van der Waals surface area contributed by atoms with Crippen LogP contribution in [0, 0.1) is 35.5 Å². The van der Waals surface area contributed by atoms with Crippen molar-refractivity contribution >= 4 is 0 Å². The number of ether oxygens (including phenoxy) is 2. The van der Waals surface area contributed by atoms with Gasteiger partial charge in [-0.05, 0) is 55.8 Å². The molecule has 0 aliphatic carbocycles. The van der Waals surface area contributed by atoms with Crippen LogP contribution >= 0.6 is 0 Å². The molecule has 2 saturated heterocycles. The zero-order valence-corrected chi connectivity index (χ0v) is 18.0. The second-order valence-electron chi connectivity index (χ2n) is 8.77. The maximum Gasteiger partial charge on any atom is 0.0633 e. The normalized spacial score (nSPS) is 47.0. The standard InChI is InChI=1S/2C11H22O/c1-6-11-9(4)7(2)8(3)10(5)12-11;1-6-7(2)11-9(4)8(3)10(5)12-11/h2*7-11H,6H2,1-5H3/t7-,8?,9-,10?,11?;7-,8-,9+,10?,11-/m10/s1. The van der Waals surface area contributed by atoms with E-state index in [4.69, 9.17) is 9.47 Å². The Morgan fingerprint density at radius 1 is 0.667 bits per heavy atom. The molecule has 0 spiro atoms. The summed E-state index contributed by atoms with van der Waals surface area (Å²) in [6.07, 6.45) is 4.28. The molecular weight excluding hydrogens is 296 g/mol. The highest BCUT2D eigenvalue weighted by molar-refractivity contribution is 4.86. The van der Waals surface area contributed by atoms with E-state index in [2.05, 4.69) is 69.2 Å². The fourth-order valence-electron chi connectivity index (χ4n) is 4.34. The highest BCUT2D eigenvalue weighted by Crippen LogP contribution is 2.37. The van der Waals surface area contributed by atoms with Crippen LogP contribution < -0.4 is 0 Å². The SMILES string of the molecule is CCC1OC(C)C(C)[C@@H](C)[C@H]1C.CC[C@H](C)[C@@H]1OC(C)[C@@H](C)[C@H]1C. The Bertz CT molecular complexity index is 351. The third-order valence-electron chi connectivity index (χ3n) is 7.44. The minimum atomic E-state index is 0.446. The fraction of sp³-hybridized carbons (Fsp3) is 1.00. The Balaban J connectivity index is 0.000000240. The molecule has 2 aliphatic heterocycles. The van der Waals surface area contributed by atoms with E-state index in [1.54, 1.807) is 0 Å². The van der Waals surface area contributed by atoms with Gasteiger partial charge < -0.3 is 9.47 Å². The molecule has 0 amide bonds. The van der Waals surface area contributed by atoms with E-state index in [9.17, 15) is 0 Å². The Morgan fingerprint density at radius 3 is 1.58 bits per heavy atom. The third-order valence-corrected chi connectivity index (χ3v) is 7.44. The third kappa shape index (κ3) is 4.97. The minimum Gasteiger partial charge on any atom is -0.375 e. The average molecular weight is 341 g/mol. The van der Waals surface area contributed by atoms with Gasteiger partial charge in [0.1, 0.15) is 0 Å². The molecule has 2 heterocycles. The predicted octanol–water partition coefficient (Wildman–Crippen LogP) is 6.18. The molecule has 24 heavy (non-hydrogen) atoms. The number of rotatable bonds is 3. The first-order chi connectivity index (χ1) is 11.1. The van der Waals surface area contributed by atoms with E-state index < -0.39 is 0 Å². The Hall–Kier alpha value is -0.0800. The van der Waals surface area contributed by atoms with Gasteiger partial charge in [0, 0.05) is 0 Å². The molecule has 0 bridgehead atoms. The lowest BCUT2D eigenvalue weighted by atomic mass is 9.76. The monoisotopic (exact) mass is 340 g/mol. The zero-order valence-electron chi connectivity index (χ0n) is 18.0. The molecule has 0 saturated carbocycles.